The maximum absolute atomic E-state index is 11.2. The van der Waals surface area contributed by atoms with Crippen LogP contribution < -0.4 is 5.32 Å². The minimum Gasteiger partial charge on any atom is -0.469 e. The fraction of sp³-hybridized carbons (Fsp3) is 0.417. The molecule has 0 amide bonds. The average Bonchev–Trinajstić information content (AvgIpc) is 2.35. The van der Waals surface area contributed by atoms with Crippen molar-refractivity contribution in [2.45, 2.75) is 11.8 Å². The van der Waals surface area contributed by atoms with E-state index in [1.807, 2.05) is 25.3 Å². The van der Waals surface area contributed by atoms with Crippen LogP contribution in [0, 0.1) is 5.92 Å². The van der Waals surface area contributed by atoms with Gasteiger partial charge < -0.3 is 10.1 Å². The van der Waals surface area contributed by atoms with Crippen LogP contribution in [0.2, 0.25) is 0 Å². The molecule has 1 N–H and O–H groups in total. The Labute approximate surface area is 101 Å². The van der Waals surface area contributed by atoms with Gasteiger partial charge in [0, 0.05) is 17.1 Å². The zero-order valence-electron chi connectivity index (χ0n) is 9.82. The van der Waals surface area contributed by atoms with Crippen LogP contribution in [0.5, 0.6) is 0 Å². The molecule has 1 rings (SSSR count). The van der Waals surface area contributed by atoms with E-state index in [0.717, 1.165) is 5.69 Å². The van der Waals surface area contributed by atoms with Crippen LogP contribution in [-0.4, -0.2) is 25.9 Å². The van der Waals surface area contributed by atoms with Gasteiger partial charge in [-0.2, -0.15) is 0 Å². The number of anilines is 1. The zero-order valence-corrected chi connectivity index (χ0v) is 10.6. The van der Waals surface area contributed by atoms with E-state index in [0.29, 0.717) is 6.54 Å². The molecular formula is C12H17NO2S. The quantitative estimate of drug-likeness (QED) is 0.633. The Morgan fingerprint density at radius 2 is 2.31 bits per heavy atom. The Bertz CT molecular complexity index is 355. The molecule has 4 heteroatoms. The van der Waals surface area contributed by atoms with Crippen molar-refractivity contribution in [1.82, 2.24) is 0 Å². The van der Waals surface area contributed by atoms with Crippen LogP contribution in [0.3, 0.4) is 0 Å². The third-order valence-corrected chi connectivity index (χ3v) is 3.01. The first-order valence-corrected chi connectivity index (χ1v) is 6.35. The number of nitrogens with one attached hydrogen (secondary N) is 1. The Kier molecular flexibility index (Phi) is 5.19. The maximum Gasteiger partial charge on any atom is 0.310 e. The monoisotopic (exact) mass is 239 g/mol. The third-order valence-electron chi connectivity index (χ3n) is 2.29. The smallest absolute Gasteiger partial charge is 0.310 e. The Balaban J connectivity index is 2.51. The second kappa shape index (κ2) is 6.43. The molecule has 1 aromatic carbocycles. The molecule has 0 aliphatic heterocycles. The third kappa shape index (κ3) is 3.77. The number of thioether (sulfide) groups is 1. The van der Waals surface area contributed by atoms with Crippen molar-refractivity contribution in [3.63, 3.8) is 0 Å². The summed E-state index contributed by atoms with van der Waals surface area (Å²) in [7, 11) is 1.41. The normalized spacial score (nSPS) is 11.9. The van der Waals surface area contributed by atoms with Crippen molar-refractivity contribution in [3.05, 3.63) is 24.3 Å². The Morgan fingerprint density at radius 1 is 1.56 bits per heavy atom. The summed E-state index contributed by atoms with van der Waals surface area (Å²) in [4.78, 5) is 12.4. The van der Waals surface area contributed by atoms with Gasteiger partial charge in [0.05, 0.1) is 13.0 Å². The highest BCUT2D eigenvalue weighted by atomic mass is 32.2. The number of benzene rings is 1. The van der Waals surface area contributed by atoms with Crippen LogP contribution in [0.15, 0.2) is 29.2 Å². The largest absolute Gasteiger partial charge is 0.469 e. The molecule has 1 atom stereocenters. The molecule has 0 aromatic heterocycles. The fourth-order valence-corrected chi connectivity index (χ4v) is 1.75. The molecular weight excluding hydrogens is 222 g/mol. The lowest BCUT2D eigenvalue weighted by Crippen LogP contribution is -2.21. The molecule has 0 radical (unpaired) electrons. The molecule has 0 saturated carbocycles. The van der Waals surface area contributed by atoms with Crippen molar-refractivity contribution >= 4 is 23.4 Å². The lowest BCUT2D eigenvalue weighted by atomic mass is 10.2. The van der Waals surface area contributed by atoms with E-state index in [9.17, 15) is 4.79 Å². The van der Waals surface area contributed by atoms with Crippen molar-refractivity contribution in [3.8, 4) is 0 Å². The van der Waals surface area contributed by atoms with Gasteiger partial charge in [0.25, 0.3) is 0 Å². The van der Waals surface area contributed by atoms with Gasteiger partial charge in [0.15, 0.2) is 0 Å². The molecule has 0 aliphatic carbocycles. The number of rotatable bonds is 5. The standard InChI is InChI=1S/C12H17NO2S/c1-9(12(14)15-2)8-13-10-5-4-6-11(7-10)16-3/h4-7,9,13H,8H2,1-3H3. The molecule has 0 saturated heterocycles. The van der Waals surface area contributed by atoms with Gasteiger partial charge in [0.2, 0.25) is 0 Å². The van der Waals surface area contributed by atoms with Crippen molar-refractivity contribution < 1.29 is 9.53 Å². The fourth-order valence-electron chi connectivity index (χ4n) is 1.29. The SMILES string of the molecule is COC(=O)C(C)CNc1cccc(SC)c1. The Hall–Kier alpha value is -1.16. The van der Waals surface area contributed by atoms with E-state index in [-0.39, 0.29) is 11.9 Å². The number of methoxy groups -OCH3 is 1. The second-order valence-electron chi connectivity index (χ2n) is 3.54. The minimum atomic E-state index is -0.187. The first-order valence-electron chi connectivity index (χ1n) is 5.13. The summed E-state index contributed by atoms with van der Waals surface area (Å²) in [5, 5.41) is 3.22. The van der Waals surface area contributed by atoms with Gasteiger partial charge in [-0.3, -0.25) is 4.79 Å². The zero-order chi connectivity index (χ0) is 12.0. The van der Waals surface area contributed by atoms with Gasteiger partial charge in [-0.1, -0.05) is 13.0 Å². The van der Waals surface area contributed by atoms with Gasteiger partial charge in [-0.05, 0) is 24.5 Å². The summed E-state index contributed by atoms with van der Waals surface area (Å²) in [5.74, 6) is -0.323. The summed E-state index contributed by atoms with van der Waals surface area (Å²) in [6.07, 6.45) is 2.04. The molecule has 88 valence electrons. The highest BCUT2D eigenvalue weighted by molar-refractivity contribution is 7.98. The first kappa shape index (κ1) is 12.9. The average molecular weight is 239 g/mol. The molecule has 0 bridgehead atoms. The summed E-state index contributed by atoms with van der Waals surface area (Å²) < 4.78 is 4.66. The number of esters is 1. The molecule has 3 nitrogen and oxygen atoms in total. The van der Waals surface area contributed by atoms with Gasteiger partial charge >= 0.3 is 5.97 Å². The minimum absolute atomic E-state index is 0.136. The van der Waals surface area contributed by atoms with E-state index < -0.39 is 0 Å². The van der Waals surface area contributed by atoms with Crippen molar-refractivity contribution in [2.75, 3.05) is 25.2 Å². The molecule has 1 aromatic rings. The predicted octanol–water partition coefficient (Wildman–Crippen LogP) is 2.63. The second-order valence-corrected chi connectivity index (χ2v) is 4.42. The lowest BCUT2D eigenvalue weighted by Gasteiger charge is -2.11. The summed E-state index contributed by atoms with van der Waals surface area (Å²) in [5.41, 5.74) is 1.03. The number of carbonyl (C=O) groups excluding carboxylic acids is 1. The maximum atomic E-state index is 11.2. The first-order chi connectivity index (χ1) is 7.67. The number of carbonyl (C=O) groups is 1. The predicted molar refractivity (Wildman–Crippen MR) is 67.9 cm³/mol. The van der Waals surface area contributed by atoms with E-state index in [1.165, 1.54) is 12.0 Å². The van der Waals surface area contributed by atoms with Crippen LogP contribution in [0.4, 0.5) is 5.69 Å². The van der Waals surface area contributed by atoms with Gasteiger partial charge in [0.1, 0.15) is 0 Å². The molecule has 0 aliphatic rings. The topological polar surface area (TPSA) is 38.3 Å². The van der Waals surface area contributed by atoms with Crippen LogP contribution in [-0.2, 0) is 9.53 Å². The van der Waals surface area contributed by atoms with E-state index in [2.05, 4.69) is 22.2 Å². The van der Waals surface area contributed by atoms with E-state index >= 15 is 0 Å². The number of ether oxygens (including phenoxy) is 1. The number of hydrogen-bond donors (Lipinski definition) is 1. The van der Waals surface area contributed by atoms with Crippen LogP contribution >= 0.6 is 11.8 Å². The summed E-state index contributed by atoms with van der Waals surface area (Å²) in [6.45, 7) is 2.43. The summed E-state index contributed by atoms with van der Waals surface area (Å²) in [6, 6.07) is 8.11. The van der Waals surface area contributed by atoms with Gasteiger partial charge in [-0.25, -0.2) is 0 Å². The molecule has 1 unspecified atom stereocenters. The van der Waals surface area contributed by atoms with Crippen molar-refractivity contribution in [1.29, 1.82) is 0 Å². The van der Waals surface area contributed by atoms with E-state index in [4.69, 9.17) is 0 Å². The lowest BCUT2D eigenvalue weighted by molar-refractivity contribution is -0.144. The molecule has 16 heavy (non-hydrogen) atoms. The molecule has 0 heterocycles. The molecule has 0 spiro atoms. The van der Waals surface area contributed by atoms with Crippen LogP contribution in [0.1, 0.15) is 6.92 Å². The number of hydrogen-bond acceptors (Lipinski definition) is 4. The van der Waals surface area contributed by atoms with Crippen LogP contribution in [0.25, 0.3) is 0 Å². The summed E-state index contributed by atoms with van der Waals surface area (Å²) >= 11 is 1.70. The van der Waals surface area contributed by atoms with E-state index in [1.54, 1.807) is 11.8 Å². The van der Waals surface area contributed by atoms with Gasteiger partial charge in [-0.15, -0.1) is 11.8 Å². The molecule has 0 fully saturated rings. The van der Waals surface area contributed by atoms with Crippen molar-refractivity contribution in [2.24, 2.45) is 5.92 Å². The highest BCUT2D eigenvalue weighted by Gasteiger charge is 2.12. The highest BCUT2D eigenvalue weighted by Crippen LogP contribution is 2.19. The Morgan fingerprint density at radius 3 is 2.94 bits per heavy atom.